The van der Waals surface area contributed by atoms with Crippen LogP contribution in [0.25, 0.3) is 0 Å². The number of hydrogen-bond donors (Lipinski definition) is 2. The monoisotopic (exact) mass is 367 g/mol. The highest BCUT2D eigenvalue weighted by molar-refractivity contribution is 5.94. The third kappa shape index (κ3) is 3.55. The number of amides is 3. The lowest BCUT2D eigenvalue weighted by atomic mass is 10.1. The summed E-state index contributed by atoms with van der Waals surface area (Å²) in [5.74, 6) is 0.0252. The highest BCUT2D eigenvalue weighted by atomic mass is 16.2. The third-order valence-electron chi connectivity index (χ3n) is 5.01. The minimum atomic E-state index is -0.209. The molecule has 8 heteroatoms. The molecular weight excluding hydrogens is 346 g/mol. The Labute approximate surface area is 156 Å². The molecule has 4 rings (SSSR count). The molecule has 2 N–H and O–H groups in total. The van der Waals surface area contributed by atoms with Crippen LogP contribution in [0.2, 0.25) is 0 Å². The van der Waals surface area contributed by atoms with Gasteiger partial charge < -0.3 is 15.5 Å². The van der Waals surface area contributed by atoms with E-state index in [1.54, 1.807) is 24.1 Å². The Bertz CT molecular complexity index is 982. The van der Waals surface area contributed by atoms with E-state index in [-0.39, 0.29) is 17.5 Å². The van der Waals surface area contributed by atoms with E-state index in [9.17, 15) is 14.4 Å². The van der Waals surface area contributed by atoms with Crippen molar-refractivity contribution < 1.29 is 9.59 Å². The standard InChI is InChI=1S/C19H21N5O3/c1-23-18(26)10-13-11-24(8-7-16(13)22-23)19(27)20-14-5-6-15-12(9-14)3-2-4-17(25)21-15/h5-6,9-10H,2-4,7-8,11H2,1H3,(H,20,27)(H,21,25). The van der Waals surface area contributed by atoms with Gasteiger partial charge in [-0.15, -0.1) is 0 Å². The summed E-state index contributed by atoms with van der Waals surface area (Å²) in [7, 11) is 1.63. The molecule has 0 bridgehead atoms. The maximum atomic E-state index is 12.7. The zero-order valence-electron chi connectivity index (χ0n) is 15.1. The van der Waals surface area contributed by atoms with E-state index in [1.165, 1.54) is 4.68 Å². The number of carbonyl (C=O) groups excluding carboxylic acids is 2. The molecule has 27 heavy (non-hydrogen) atoms. The number of nitrogens with zero attached hydrogens (tertiary/aromatic N) is 3. The second kappa shape index (κ2) is 6.86. The number of hydrogen-bond acceptors (Lipinski definition) is 4. The topological polar surface area (TPSA) is 96.3 Å². The van der Waals surface area contributed by atoms with Crippen LogP contribution in [0.15, 0.2) is 29.1 Å². The molecule has 2 aromatic rings. The van der Waals surface area contributed by atoms with E-state index in [2.05, 4.69) is 15.7 Å². The number of carbonyl (C=O) groups is 2. The normalized spacial score (nSPS) is 16.0. The number of aromatic nitrogens is 2. The fraction of sp³-hybridized carbons (Fsp3) is 0.368. The molecule has 2 aliphatic rings. The van der Waals surface area contributed by atoms with Gasteiger partial charge in [0, 0.05) is 56.0 Å². The van der Waals surface area contributed by atoms with E-state index < -0.39 is 0 Å². The summed E-state index contributed by atoms with van der Waals surface area (Å²) in [5, 5.41) is 10.1. The zero-order chi connectivity index (χ0) is 19.0. The van der Waals surface area contributed by atoms with Crippen molar-refractivity contribution in [2.24, 2.45) is 7.05 Å². The number of aryl methyl sites for hydroxylation is 2. The maximum absolute atomic E-state index is 12.7. The fourth-order valence-corrected chi connectivity index (χ4v) is 3.52. The molecule has 3 amide bonds. The zero-order valence-corrected chi connectivity index (χ0v) is 15.1. The predicted octanol–water partition coefficient (Wildman–Crippen LogP) is 1.65. The Morgan fingerprint density at radius 1 is 1.15 bits per heavy atom. The van der Waals surface area contributed by atoms with Crippen molar-refractivity contribution in [3.8, 4) is 0 Å². The van der Waals surface area contributed by atoms with Crippen LogP contribution in [-0.2, 0) is 31.2 Å². The van der Waals surface area contributed by atoms with Crippen LogP contribution in [0.3, 0.4) is 0 Å². The first-order valence-corrected chi connectivity index (χ1v) is 9.04. The van der Waals surface area contributed by atoms with Crippen molar-refractivity contribution in [3.05, 3.63) is 51.4 Å². The number of nitrogens with one attached hydrogen (secondary N) is 2. The van der Waals surface area contributed by atoms with Gasteiger partial charge in [-0.3, -0.25) is 9.59 Å². The van der Waals surface area contributed by atoms with Gasteiger partial charge in [0.05, 0.1) is 5.69 Å². The van der Waals surface area contributed by atoms with Gasteiger partial charge in [0.1, 0.15) is 0 Å². The average molecular weight is 367 g/mol. The first-order valence-electron chi connectivity index (χ1n) is 9.04. The molecular formula is C19H21N5O3. The second-order valence-corrected chi connectivity index (χ2v) is 6.95. The average Bonchev–Trinajstić information content (AvgIpc) is 2.82. The number of fused-ring (bicyclic) bond motifs is 2. The molecule has 0 fully saturated rings. The van der Waals surface area contributed by atoms with E-state index in [4.69, 9.17) is 0 Å². The molecule has 3 heterocycles. The van der Waals surface area contributed by atoms with Crippen LogP contribution in [-0.4, -0.2) is 33.2 Å². The van der Waals surface area contributed by atoms with Crippen LogP contribution in [0.5, 0.6) is 0 Å². The molecule has 1 aromatic heterocycles. The largest absolute Gasteiger partial charge is 0.326 e. The minimum absolute atomic E-state index is 0.0252. The molecule has 0 unspecified atom stereocenters. The first-order chi connectivity index (χ1) is 13.0. The molecule has 0 aliphatic carbocycles. The van der Waals surface area contributed by atoms with Crippen LogP contribution in [0.1, 0.15) is 29.7 Å². The molecule has 0 spiro atoms. The van der Waals surface area contributed by atoms with Crippen molar-refractivity contribution in [2.75, 3.05) is 17.2 Å². The summed E-state index contributed by atoms with van der Waals surface area (Å²) in [6, 6.07) is 6.87. The molecule has 1 aromatic carbocycles. The Morgan fingerprint density at radius 3 is 2.85 bits per heavy atom. The molecule has 2 aliphatic heterocycles. The van der Waals surface area contributed by atoms with Crippen molar-refractivity contribution in [1.29, 1.82) is 0 Å². The van der Waals surface area contributed by atoms with Crippen molar-refractivity contribution >= 4 is 23.3 Å². The van der Waals surface area contributed by atoms with E-state index in [0.717, 1.165) is 35.3 Å². The lowest BCUT2D eigenvalue weighted by molar-refractivity contribution is -0.116. The van der Waals surface area contributed by atoms with Gasteiger partial charge in [0.15, 0.2) is 0 Å². The van der Waals surface area contributed by atoms with Gasteiger partial charge >= 0.3 is 6.03 Å². The van der Waals surface area contributed by atoms with Crippen LogP contribution >= 0.6 is 0 Å². The highest BCUT2D eigenvalue weighted by Gasteiger charge is 2.23. The van der Waals surface area contributed by atoms with E-state index >= 15 is 0 Å². The number of benzene rings is 1. The van der Waals surface area contributed by atoms with E-state index in [0.29, 0.717) is 31.6 Å². The lowest BCUT2D eigenvalue weighted by Gasteiger charge is -2.28. The first kappa shape index (κ1) is 17.3. The summed E-state index contributed by atoms with van der Waals surface area (Å²) in [6.07, 6.45) is 2.72. The van der Waals surface area contributed by atoms with Gasteiger partial charge in [-0.1, -0.05) is 0 Å². The molecule has 0 saturated carbocycles. The quantitative estimate of drug-likeness (QED) is 0.801. The molecule has 0 radical (unpaired) electrons. The summed E-state index contributed by atoms with van der Waals surface area (Å²) >= 11 is 0. The van der Waals surface area contributed by atoms with Crippen molar-refractivity contribution in [3.63, 3.8) is 0 Å². The van der Waals surface area contributed by atoms with Crippen molar-refractivity contribution in [2.45, 2.75) is 32.2 Å². The van der Waals surface area contributed by atoms with Crippen molar-refractivity contribution in [1.82, 2.24) is 14.7 Å². The number of urea groups is 1. The molecule has 140 valence electrons. The fourth-order valence-electron chi connectivity index (χ4n) is 3.52. The Balaban J connectivity index is 1.48. The molecule has 8 nitrogen and oxygen atoms in total. The van der Waals surface area contributed by atoms with Gasteiger partial charge in [-0.25, -0.2) is 9.48 Å². The Hall–Kier alpha value is -3.16. The minimum Gasteiger partial charge on any atom is -0.326 e. The summed E-state index contributed by atoms with van der Waals surface area (Å²) < 4.78 is 1.32. The van der Waals surface area contributed by atoms with Gasteiger partial charge in [0.2, 0.25) is 5.91 Å². The highest BCUT2D eigenvalue weighted by Crippen LogP contribution is 2.26. The van der Waals surface area contributed by atoms with Crippen LogP contribution in [0.4, 0.5) is 16.2 Å². The Kier molecular flexibility index (Phi) is 4.39. The maximum Gasteiger partial charge on any atom is 0.322 e. The van der Waals surface area contributed by atoms with Gasteiger partial charge in [-0.2, -0.15) is 5.10 Å². The van der Waals surface area contributed by atoms with Gasteiger partial charge in [-0.05, 0) is 36.6 Å². The molecule has 0 saturated heterocycles. The third-order valence-corrected chi connectivity index (χ3v) is 5.01. The Morgan fingerprint density at radius 2 is 2.00 bits per heavy atom. The van der Waals surface area contributed by atoms with Gasteiger partial charge in [0.25, 0.3) is 5.56 Å². The lowest BCUT2D eigenvalue weighted by Crippen LogP contribution is -2.40. The predicted molar refractivity (Wildman–Crippen MR) is 101 cm³/mol. The number of anilines is 2. The summed E-state index contributed by atoms with van der Waals surface area (Å²) in [5.41, 5.74) is 4.01. The van der Waals surface area contributed by atoms with E-state index in [1.807, 2.05) is 12.1 Å². The SMILES string of the molecule is Cn1nc2c(cc1=O)CN(C(=O)Nc1ccc3c(c1)CCCC(=O)N3)CC2. The number of rotatable bonds is 1. The second-order valence-electron chi connectivity index (χ2n) is 6.95. The van der Waals surface area contributed by atoms with Crippen LogP contribution in [0, 0.1) is 0 Å². The smallest absolute Gasteiger partial charge is 0.322 e. The summed E-state index contributed by atoms with van der Waals surface area (Å²) in [4.78, 5) is 37.8. The van der Waals surface area contributed by atoms with Crippen LogP contribution < -0.4 is 16.2 Å². The summed E-state index contributed by atoms with van der Waals surface area (Å²) in [6.45, 7) is 0.913. The molecule has 0 atom stereocenters.